The first-order chi connectivity index (χ1) is 5.79. The van der Waals surface area contributed by atoms with Crippen LogP contribution in [0.15, 0.2) is 17.3 Å². The van der Waals surface area contributed by atoms with Gasteiger partial charge in [-0.3, -0.25) is 0 Å². The summed E-state index contributed by atoms with van der Waals surface area (Å²) in [7, 11) is 0. The van der Waals surface area contributed by atoms with Gasteiger partial charge in [0.2, 0.25) is 0 Å². The van der Waals surface area contributed by atoms with Crippen molar-refractivity contribution in [2.24, 2.45) is 4.99 Å². The Balaban J connectivity index is 2.99. The van der Waals surface area contributed by atoms with E-state index >= 15 is 0 Å². The number of aryl methyl sites for hydroxylation is 1. The molecule has 0 N–H and O–H groups in total. The van der Waals surface area contributed by atoms with Crippen LogP contribution in [0.3, 0.4) is 0 Å². The van der Waals surface area contributed by atoms with Crippen molar-refractivity contribution < 1.29 is 0 Å². The van der Waals surface area contributed by atoms with Crippen molar-refractivity contribution in [2.75, 3.05) is 0 Å². The summed E-state index contributed by atoms with van der Waals surface area (Å²) in [5, 5.41) is 4.12. The maximum Gasteiger partial charge on any atom is 0.157 e. The van der Waals surface area contributed by atoms with E-state index in [1.165, 1.54) is 0 Å². The Hall–Kier alpha value is -1.38. The lowest BCUT2D eigenvalue weighted by Crippen LogP contribution is -1.86. The molecule has 0 aliphatic heterocycles. The number of aliphatic imine (C=N–C) groups is 1. The molecule has 64 valence electrons. The van der Waals surface area contributed by atoms with E-state index in [1.807, 2.05) is 19.2 Å². The van der Waals surface area contributed by atoms with Gasteiger partial charge in [-0.05, 0) is 20.1 Å². The molecule has 0 bridgehead atoms. The fourth-order valence-electron chi connectivity index (χ4n) is 0.953. The highest BCUT2D eigenvalue weighted by Gasteiger charge is 2.00. The van der Waals surface area contributed by atoms with Gasteiger partial charge in [0.05, 0.1) is 6.20 Å². The summed E-state index contributed by atoms with van der Waals surface area (Å²) in [5.41, 5.74) is 1.05. The standard InChI is InChI=1S/C9H13N3/c1-4-5-6-12-9(10-3)8(2)7-11-12/h5-7H,3-4H2,1-2H3/b6-5-. The third kappa shape index (κ3) is 1.61. The lowest BCUT2D eigenvalue weighted by Gasteiger charge is -1.95. The molecule has 0 fully saturated rings. The van der Waals surface area contributed by atoms with Crippen molar-refractivity contribution in [3.05, 3.63) is 17.8 Å². The Kier molecular flexibility index (Phi) is 2.80. The van der Waals surface area contributed by atoms with Gasteiger partial charge in [0.25, 0.3) is 0 Å². The summed E-state index contributed by atoms with van der Waals surface area (Å²) in [6.45, 7) is 7.53. The fraction of sp³-hybridized carbons (Fsp3) is 0.333. The maximum atomic E-state index is 4.12. The zero-order chi connectivity index (χ0) is 8.97. The van der Waals surface area contributed by atoms with Crippen LogP contribution in [0.2, 0.25) is 0 Å². The Labute approximate surface area is 72.4 Å². The molecule has 1 aromatic heterocycles. The largest absolute Gasteiger partial charge is 0.245 e. The highest BCUT2D eigenvalue weighted by atomic mass is 15.3. The molecule has 3 nitrogen and oxygen atoms in total. The minimum absolute atomic E-state index is 0.819. The number of allylic oxidation sites excluding steroid dienone is 1. The number of aromatic nitrogens is 2. The van der Waals surface area contributed by atoms with Gasteiger partial charge in [0, 0.05) is 11.8 Å². The van der Waals surface area contributed by atoms with Crippen LogP contribution in [0.5, 0.6) is 0 Å². The molecule has 0 amide bonds. The van der Waals surface area contributed by atoms with Crippen molar-refractivity contribution >= 4 is 18.7 Å². The van der Waals surface area contributed by atoms with Gasteiger partial charge >= 0.3 is 0 Å². The van der Waals surface area contributed by atoms with Crippen molar-refractivity contribution in [3.63, 3.8) is 0 Å². The molecule has 3 heteroatoms. The predicted octanol–water partition coefficient (Wildman–Crippen LogP) is 2.40. The van der Waals surface area contributed by atoms with E-state index in [0.717, 1.165) is 17.8 Å². The summed E-state index contributed by atoms with van der Waals surface area (Å²) < 4.78 is 1.73. The van der Waals surface area contributed by atoms with E-state index in [4.69, 9.17) is 0 Å². The Morgan fingerprint density at radius 3 is 3.08 bits per heavy atom. The van der Waals surface area contributed by atoms with Crippen molar-refractivity contribution in [1.82, 2.24) is 9.78 Å². The van der Waals surface area contributed by atoms with Crippen LogP contribution >= 0.6 is 0 Å². The van der Waals surface area contributed by atoms with Gasteiger partial charge in [-0.2, -0.15) is 5.10 Å². The van der Waals surface area contributed by atoms with Crippen LogP contribution in [-0.2, 0) is 0 Å². The van der Waals surface area contributed by atoms with E-state index in [2.05, 4.69) is 23.7 Å². The molecule has 12 heavy (non-hydrogen) atoms. The zero-order valence-corrected chi connectivity index (χ0v) is 7.49. The molecule has 0 aliphatic rings. The Morgan fingerprint density at radius 1 is 1.75 bits per heavy atom. The molecular weight excluding hydrogens is 150 g/mol. The maximum absolute atomic E-state index is 4.12. The van der Waals surface area contributed by atoms with Gasteiger partial charge in [-0.25, -0.2) is 9.67 Å². The second-order valence-corrected chi connectivity index (χ2v) is 2.55. The van der Waals surface area contributed by atoms with Gasteiger partial charge in [0.1, 0.15) is 0 Å². The highest BCUT2D eigenvalue weighted by Crippen LogP contribution is 2.16. The van der Waals surface area contributed by atoms with Crippen LogP contribution in [0, 0.1) is 6.92 Å². The smallest absolute Gasteiger partial charge is 0.157 e. The van der Waals surface area contributed by atoms with E-state index in [0.29, 0.717) is 0 Å². The first-order valence-corrected chi connectivity index (χ1v) is 3.97. The number of nitrogens with zero attached hydrogens (tertiary/aromatic N) is 3. The normalized spacial score (nSPS) is 10.8. The average Bonchev–Trinajstić information content (AvgIpc) is 2.43. The molecule has 0 saturated heterocycles. The number of hydrogen-bond acceptors (Lipinski definition) is 2. The van der Waals surface area contributed by atoms with Crippen molar-refractivity contribution in [1.29, 1.82) is 0 Å². The fourth-order valence-corrected chi connectivity index (χ4v) is 0.953. The van der Waals surface area contributed by atoms with Crippen LogP contribution in [0.25, 0.3) is 6.20 Å². The molecule has 0 saturated carbocycles. The van der Waals surface area contributed by atoms with Gasteiger partial charge in [-0.15, -0.1) is 0 Å². The lowest BCUT2D eigenvalue weighted by molar-refractivity contribution is 0.929. The molecule has 0 aliphatic carbocycles. The molecule has 1 aromatic rings. The van der Waals surface area contributed by atoms with Crippen LogP contribution in [0.1, 0.15) is 18.9 Å². The molecule has 0 spiro atoms. The molecule has 0 unspecified atom stereocenters. The second kappa shape index (κ2) is 3.85. The quantitative estimate of drug-likeness (QED) is 0.629. The Morgan fingerprint density at radius 2 is 2.50 bits per heavy atom. The third-order valence-corrected chi connectivity index (χ3v) is 1.58. The monoisotopic (exact) mass is 163 g/mol. The van der Waals surface area contributed by atoms with E-state index in [9.17, 15) is 0 Å². The summed E-state index contributed by atoms with van der Waals surface area (Å²) in [6.07, 6.45) is 6.71. The molecular formula is C9H13N3. The lowest BCUT2D eigenvalue weighted by atomic mass is 10.4. The number of rotatable bonds is 3. The van der Waals surface area contributed by atoms with Crippen molar-refractivity contribution in [3.8, 4) is 0 Å². The SMILES string of the molecule is C=Nc1c(C)cnn1/C=C\CC. The molecule has 0 radical (unpaired) electrons. The topological polar surface area (TPSA) is 30.2 Å². The molecule has 1 rings (SSSR count). The molecule has 0 aromatic carbocycles. The zero-order valence-electron chi connectivity index (χ0n) is 7.49. The van der Waals surface area contributed by atoms with Crippen LogP contribution in [-0.4, -0.2) is 16.5 Å². The summed E-state index contributed by atoms with van der Waals surface area (Å²) in [5.74, 6) is 0.819. The molecule has 1 heterocycles. The first kappa shape index (κ1) is 8.71. The summed E-state index contributed by atoms with van der Waals surface area (Å²) in [4.78, 5) is 3.88. The summed E-state index contributed by atoms with van der Waals surface area (Å²) in [6, 6.07) is 0. The van der Waals surface area contributed by atoms with Crippen LogP contribution < -0.4 is 0 Å². The minimum atomic E-state index is 0.819. The summed E-state index contributed by atoms with van der Waals surface area (Å²) >= 11 is 0. The van der Waals surface area contributed by atoms with Gasteiger partial charge in [-0.1, -0.05) is 13.0 Å². The van der Waals surface area contributed by atoms with E-state index < -0.39 is 0 Å². The third-order valence-electron chi connectivity index (χ3n) is 1.58. The second-order valence-electron chi connectivity index (χ2n) is 2.55. The highest BCUT2D eigenvalue weighted by molar-refractivity contribution is 5.49. The minimum Gasteiger partial charge on any atom is -0.245 e. The van der Waals surface area contributed by atoms with E-state index in [1.54, 1.807) is 10.9 Å². The van der Waals surface area contributed by atoms with Gasteiger partial charge < -0.3 is 0 Å². The number of hydrogen-bond donors (Lipinski definition) is 0. The van der Waals surface area contributed by atoms with E-state index in [-0.39, 0.29) is 0 Å². The van der Waals surface area contributed by atoms with Gasteiger partial charge in [0.15, 0.2) is 5.82 Å². The van der Waals surface area contributed by atoms with Crippen LogP contribution in [0.4, 0.5) is 5.82 Å². The molecule has 0 atom stereocenters. The average molecular weight is 163 g/mol. The first-order valence-electron chi connectivity index (χ1n) is 3.97. The predicted molar refractivity (Wildman–Crippen MR) is 51.8 cm³/mol. The van der Waals surface area contributed by atoms with Crippen molar-refractivity contribution in [2.45, 2.75) is 20.3 Å². The Bertz CT molecular complexity index is 297.